The Labute approximate surface area is 92.5 Å². The molecule has 0 aliphatic carbocycles. The third kappa shape index (κ3) is 1.52. The van der Waals surface area contributed by atoms with Crippen molar-refractivity contribution in [1.82, 2.24) is 4.90 Å². The van der Waals surface area contributed by atoms with Gasteiger partial charge in [-0.25, -0.2) is 4.79 Å². The van der Waals surface area contributed by atoms with Gasteiger partial charge in [-0.15, -0.1) is 6.42 Å². The van der Waals surface area contributed by atoms with Gasteiger partial charge in [0, 0.05) is 12.1 Å². The van der Waals surface area contributed by atoms with Crippen LogP contribution in [0.25, 0.3) is 0 Å². The molecule has 2 rings (SSSR count). The third-order valence-electron chi connectivity index (χ3n) is 2.52. The minimum Gasteiger partial charge on any atom is -0.478 e. The second-order valence-electron chi connectivity index (χ2n) is 3.54. The van der Waals surface area contributed by atoms with Crippen LogP contribution in [0, 0.1) is 12.3 Å². The first-order chi connectivity index (χ1) is 7.63. The average molecular weight is 215 g/mol. The van der Waals surface area contributed by atoms with E-state index in [1.807, 2.05) is 0 Å². The fourth-order valence-electron chi connectivity index (χ4n) is 1.73. The number of benzene rings is 1. The fourth-order valence-corrected chi connectivity index (χ4v) is 1.73. The second kappa shape index (κ2) is 3.70. The molecule has 1 N–H and O–H groups in total. The Morgan fingerprint density at radius 1 is 1.56 bits per heavy atom. The van der Waals surface area contributed by atoms with Crippen LogP contribution in [0.1, 0.15) is 26.3 Å². The molecule has 0 unspecified atom stereocenters. The van der Waals surface area contributed by atoms with E-state index in [-0.39, 0.29) is 18.0 Å². The summed E-state index contributed by atoms with van der Waals surface area (Å²) < 4.78 is 0. The van der Waals surface area contributed by atoms with E-state index in [4.69, 9.17) is 11.5 Å². The molecule has 4 heteroatoms. The monoisotopic (exact) mass is 215 g/mol. The molecule has 0 saturated carbocycles. The molecule has 0 radical (unpaired) electrons. The van der Waals surface area contributed by atoms with Gasteiger partial charge in [-0.1, -0.05) is 12.0 Å². The lowest BCUT2D eigenvalue weighted by atomic mass is 10.1. The highest BCUT2D eigenvalue weighted by atomic mass is 16.4. The SMILES string of the molecule is C#CCN1Cc2ccc(C(=O)O)cc2C1=O. The van der Waals surface area contributed by atoms with Gasteiger partial charge in [-0.05, 0) is 17.7 Å². The number of nitrogens with zero attached hydrogens (tertiary/aromatic N) is 1. The number of amides is 1. The lowest BCUT2D eigenvalue weighted by Gasteiger charge is -2.10. The Kier molecular flexibility index (Phi) is 2.37. The molecule has 0 atom stereocenters. The lowest BCUT2D eigenvalue weighted by molar-refractivity contribution is 0.0697. The van der Waals surface area contributed by atoms with Gasteiger partial charge in [0.15, 0.2) is 0 Å². The van der Waals surface area contributed by atoms with Gasteiger partial charge in [0.05, 0.1) is 12.1 Å². The Balaban J connectivity index is 2.39. The summed E-state index contributed by atoms with van der Waals surface area (Å²) in [6, 6.07) is 4.55. The normalized spacial score (nSPS) is 13.4. The van der Waals surface area contributed by atoms with E-state index in [0.717, 1.165) is 5.56 Å². The summed E-state index contributed by atoms with van der Waals surface area (Å²) in [4.78, 5) is 24.1. The minimum atomic E-state index is -1.04. The molecule has 1 aromatic carbocycles. The van der Waals surface area contributed by atoms with Gasteiger partial charge in [0.2, 0.25) is 0 Å². The molecule has 1 heterocycles. The maximum Gasteiger partial charge on any atom is 0.335 e. The van der Waals surface area contributed by atoms with Crippen molar-refractivity contribution in [3.05, 3.63) is 34.9 Å². The van der Waals surface area contributed by atoms with Crippen LogP contribution >= 0.6 is 0 Å². The van der Waals surface area contributed by atoms with Gasteiger partial charge in [0.1, 0.15) is 0 Å². The first-order valence-electron chi connectivity index (χ1n) is 4.72. The van der Waals surface area contributed by atoms with Crippen LogP contribution in [0.5, 0.6) is 0 Å². The van der Waals surface area contributed by atoms with Gasteiger partial charge in [-0.3, -0.25) is 4.79 Å². The number of aromatic carboxylic acids is 1. The Morgan fingerprint density at radius 2 is 2.31 bits per heavy atom. The summed E-state index contributed by atoms with van der Waals surface area (Å²) in [5.74, 6) is 1.17. The highest BCUT2D eigenvalue weighted by Gasteiger charge is 2.27. The van der Waals surface area contributed by atoms with E-state index >= 15 is 0 Å². The van der Waals surface area contributed by atoms with Crippen LogP contribution in [0.15, 0.2) is 18.2 Å². The number of carbonyl (C=O) groups excluding carboxylic acids is 1. The van der Waals surface area contributed by atoms with Crippen molar-refractivity contribution >= 4 is 11.9 Å². The molecular weight excluding hydrogens is 206 g/mol. The highest BCUT2D eigenvalue weighted by molar-refractivity contribution is 6.01. The van der Waals surface area contributed by atoms with Crippen LogP contribution in [-0.4, -0.2) is 28.4 Å². The summed E-state index contributed by atoms with van der Waals surface area (Å²) in [7, 11) is 0. The average Bonchev–Trinajstić information content (AvgIpc) is 2.56. The standard InChI is InChI=1S/C12H9NO3/c1-2-5-13-7-9-4-3-8(12(15)16)6-10(9)11(13)14/h1,3-4,6H,5,7H2,(H,15,16). The minimum absolute atomic E-state index is 0.120. The zero-order valence-electron chi connectivity index (χ0n) is 8.43. The number of fused-ring (bicyclic) bond motifs is 1. The zero-order chi connectivity index (χ0) is 11.7. The van der Waals surface area contributed by atoms with Gasteiger partial charge >= 0.3 is 5.97 Å². The summed E-state index contributed by atoms with van der Waals surface area (Å²) in [5.41, 5.74) is 1.38. The predicted octanol–water partition coefficient (Wildman–Crippen LogP) is 0.974. The van der Waals surface area contributed by atoms with Crippen molar-refractivity contribution in [3.63, 3.8) is 0 Å². The van der Waals surface area contributed by atoms with Gasteiger partial charge in [0.25, 0.3) is 5.91 Å². The van der Waals surface area contributed by atoms with E-state index in [2.05, 4.69) is 5.92 Å². The van der Waals surface area contributed by atoms with Crippen molar-refractivity contribution < 1.29 is 14.7 Å². The lowest BCUT2D eigenvalue weighted by Crippen LogP contribution is -2.23. The summed E-state index contributed by atoms with van der Waals surface area (Å²) in [6.07, 6.45) is 5.15. The van der Waals surface area contributed by atoms with Crippen molar-refractivity contribution in [3.8, 4) is 12.3 Å². The number of hydrogen-bond acceptors (Lipinski definition) is 2. The van der Waals surface area contributed by atoms with Gasteiger partial charge in [-0.2, -0.15) is 0 Å². The van der Waals surface area contributed by atoms with E-state index in [9.17, 15) is 9.59 Å². The quantitative estimate of drug-likeness (QED) is 0.748. The molecule has 0 bridgehead atoms. The molecule has 80 valence electrons. The van der Waals surface area contributed by atoms with Crippen LogP contribution in [0.3, 0.4) is 0 Å². The molecule has 0 fully saturated rings. The molecule has 0 aromatic heterocycles. The van der Waals surface area contributed by atoms with Crippen molar-refractivity contribution in [2.24, 2.45) is 0 Å². The Morgan fingerprint density at radius 3 is 2.94 bits per heavy atom. The number of carboxylic acids is 1. The molecule has 4 nitrogen and oxygen atoms in total. The highest BCUT2D eigenvalue weighted by Crippen LogP contribution is 2.23. The van der Waals surface area contributed by atoms with Crippen LogP contribution < -0.4 is 0 Å². The Hall–Kier alpha value is -2.28. The second-order valence-corrected chi connectivity index (χ2v) is 3.54. The summed E-state index contributed by atoms with van der Waals surface area (Å²) in [6.45, 7) is 0.703. The zero-order valence-corrected chi connectivity index (χ0v) is 8.43. The van der Waals surface area contributed by atoms with Crippen LogP contribution in [-0.2, 0) is 6.54 Å². The molecule has 1 aliphatic rings. The molecule has 0 saturated heterocycles. The first kappa shape index (κ1) is 10.2. The van der Waals surface area contributed by atoms with E-state index in [0.29, 0.717) is 12.1 Å². The molecule has 1 aliphatic heterocycles. The third-order valence-corrected chi connectivity index (χ3v) is 2.52. The number of rotatable bonds is 2. The van der Waals surface area contributed by atoms with Crippen molar-refractivity contribution in [2.45, 2.75) is 6.54 Å². The molecule has 16 heavy (non-hydrogen) atoms. The predicted molar refractivity (Wildman–Crippen MR) is 57.0 cm³/mol. The number of carboxylic acid groups (broad SMARTS) is 1. The summed E-state index contributed by atoms with van der Waals surface area (Å²) >= 11 is 0. The summed E-state index contributed by atoms with van der Waals surface area (Å²) in [5, 5.41) is 8.81. The van der Waals surface area contributed by atoms with Gasteiger partial charge < -0.3 is 10.0 Å². The molecule has 0 spiro atoms. The molecular formula is C12H9NO3. The molecule has 1 amide bonds. The maximum absolute atomic E-state index is 11.8. The van der Waals surface area contributed by atoms with Crippen molar-refractivity contribution in [1.29, 1.82) is 0 Å². The van der Waals surface area contributed by atoms with E-state index in [1.165, 1.54) is 17.0 Å². The maximum atomic E-state index is 11.8. The first-order valence-corrected chi connectivity index (χ1v) is 4.72. The topological polar surface area (TPSA) is 57.6 Å². The fraction of sp³-hybridized carbons (Fsp3) is 0.167. The Bertz CT molecular complexity index is 513. The number of carbonyl (C=O) groups is 2. The number of hydrogen-bond donors (Lipinski definition) is 1. The van der Waals surface area contributed by atoms with Crippen LogP contribution in [0.2, 0.25) is 0 Å². The van der Waals surface area contributed by atoms with E-state index < -0.39 is 5.97 Å². The van der Waals surface area contributed by atoms with E-state index in [1.54, 1.807) is 6.07 Å². The smallest absolute Gasteiger partial charge is 0.335 e. The molecule has 1 aromatic rings. The number of terminal acetylenes is 1. The largest absolute Gasteiger partial charge is 0.478 e. The van der Waals surface area contributed by atoms with Crippen molar-refractivity contribution in [2.75, 3.05) is 6.54 Å². The van der Waals surface area contributed by atoms with Crippen LogP contribution in [0.4, 0.5) is 0 Å².